The third kappa shape index (κ3) is 2.76. The first kappa shape index (κ1) is 10.1. The SMILES string of the molecule is Cc1cccc(SC2CCOCC2)c1. The highest BCUT2D eigenvalue weighted by molar-refractivity contribution is 8.00. The second kappa shape index (κ2) is 4.85. The van der Waals surface area contributed by atoms with E-state index in [0.717, 1.165) is 18.5 Å². The van der Waals surface area contributed by atoms with Crippen LogP contribution in [0.5, 0.6) is 0 Å². The fraction of sp³-hybridized carbons (Fsp3) is 0.500. The van der Waals surface area contributed by atoms with Crippen molar-refractivity contribution in [3.8, 4) is 0 Å². The summed E-state index contributed by atoms with van der Waals surface area (Å²) in [6, 6.07) is 8.75. The van der Waals surface area contributed by atoms with Gasteiger partial charge >= 0.3 is 0 Å². The normalized spacial score (nSPS) is 18.4. The number of ether oxygens (including phenoxy) is 1. The molecule has 1 saturated heterocycles. The standard InChI is InChI=1S/C12H16OS/c1-10-3-2-4-12(9-10)14-11-5-7-13-8-6-11/h2-4,9,11H,5-8H2,1H3. The molecule has 0 aromatic heterocycles. The molecule has 1 aromatic carbocycles. The lowest BCUT2D eigenvalue weighted by molar-refractivity contribution is 0.100. The molecule has 2 rings (SSSR count). The van der Waals surface area contributed by atoms with E-state index < -0.39 is 0 Å². The average molecular weight is 208 g/mol. The number of rotatable bonds is 2. The zero-order chi connectivity index (χ0) is 9.80. The molecule has 0 radical (unpaired) electrons. The molecule has 1 aromatic rings. The van der Waals surface area contributed by atoms with Gasteiger partial charge in [0, 0.05) is 23.4 Å². The van der Waals surface area contributed by atoms with Crippen LogP contribution in [0.4, 0.5) is 0 Å². The van der Waals surface area contributed by atoms with Crippen molar-refractivity contribution in [1.82, 2.24) is 0 Å². The lowest BCUT2D eigenvalue weighted by Crippen LogP contribution is -2.17. The Hall–Kier alpha value is -0.470. The number of hydrogen-bond donors (Lipinski definition) is 0. The Labute approximate surface area is 89.9 Å². The van der Waals surface area contributed by atoms with Crippen LogP contribution in [0.3, 0.4) is 0 Å². The summed E-state index contributed by atoms with van der Waals surface area (Å²) in [5, 5.41) is 0.755. The van der Waals surface area contributed by atoms with Gasteiger partial charge in [-0.3, -0.25) is 0 Å². The third-order valence-electron chi connectivity index (χ3n) is 2.46. The monoisotopic (exact) mass is 208 g/mol. The first-order chi connectivity index (χ1) is 6.84. The molecule has 0 bridgehead atoms. The predicted octanol–water partition coefficient (Wildman–Crippen LogP) is 3.27. The number of thioether (sulfide) groups is 1. The molecule has 0 amide bonds. The molecule has 1 fully saturated rings. The summed E-state index contributed by atoms with van der Waals surface area (Å²) in [7, 11) is 0. The van der Waals surface area contributed by atoms with Crippen LogP contribution in [0.15, 0.2) is 29.2 Å². The van der Waals surface area contributed by atoms with E-state index >= 15 is 0 Å². The van der Waals surface area contributed by atoms with Crippen LogP contribution in [0.2, 0.25) is 0 Å². The average Bonchev–Trinajstić information content (AvgIpc) is 2.19. The zero-order valence-corrected chi connectivity index (χ0v) is 9.35. The van der Waals surface area contributed by atoms with Gasteiger partial charge in [-0.1, -0.05) is 17.7 Å². The highest BCUT2D eigenvalue weighted by Gasteiger charge is 2.14. The summed E-state index contributed by atoms with van der Waals surface area (Å²) >= 11 is 2.00. The van der Waals surface area contributed by atoms with E-state index in [2.05, 4.69) is 31.2 Å². The van der Waals surface area contributed by atoms with Crippen molar-refractivity contribution >= 4 is 11.8 Å². The van der Waals surface area contributed by atoms with E-state index in [-0.39, 0.29) is 0 Å². The molecule has 14 heavy (non-hydrogen) atoms. The number of hydrogen-bond acceptors (Lipinski definition) is 2. The Morgan fingerprint density at radius 1 is 1.29 bits per heavy atom. The third-order valence-corrected chi connectivity index (χ3v) is 3.79. The number of aryl methyl sites for hydroxylation is 1. The molecular weight excluding hydrogens is 192 g/mol. The molecule has 0 spiro atoms. The minimum Gasteiger partial charge on any atom is -0.381 e. The molecule has 1 aliphatic rings. The Balaban J connectivity index is 1.95. The molecule has 1 nitrogen and oxygen atoms in total. The molecule has 0 atom stereocenters. The molecule has 0 unspecified atom stereocenters. The van der Waals surface area contributed by atoms with Gasteiger partial charge in [0.1, 0.15) is 0 Å². The Morgan fingerprint density at radius 2 is 2.07 bits per heavy atom. The Kier molecular flexibility index (Phi) is 3.49. The largest absolute Gasteiger partial charge is 0.381 e. The van der Waals surface area contributed by atoms with Gasteiger partial charge in [0.05, 0.1) is 0 Å². The maximum Gasteiger partial charge on any atom is 0.0476 e. The van der Waals surface area contributed by atoms with Crippen LogP contribution in [-0.4, -0.2) is 18.5 Å². The summed E-state index contributed by atoms with van der Waals surface area (Å²) in [5.41, 5.74) is 1.35. The highest BCUT2D eigenvalue weighted by Crippen LogP contribution is 2.29. The minimum atomic E-state index is 0.755. The van der Waals surface area contributed by atoms with E-state index in [1.807, 2.05) is 11.8 Å². The minimum absolute atomic E-state index is 0.755. The van der Waals surface area contributed by atoms with Crippen LogP contribution in [0, 0.1) is 6.92 Å². The Morgan fingerprint density at radius 3 is 2.79 bits per heavy atom. The van der Waals surface area contributed by atoms with Crippen LogP contribution >= 0.6 is 11.8 Å². The first-order valence-electron chi connectivity index (χ1n) is 5.16. The summed E-state index contributed by atoms with van der Waals surface area (Å²) in [6.45, 7) is 4.01. The predicted molar refractivity (Wildman–Crippen MR) is 60.9 cm³/mol. The quantitative estimate of drug-likeness (QED) is 0.737. The lowest BCUT2D eigenvalue weighted by atomic mass is 10.2. The molecular formula is C12H16OS. The summed E-state index contributed by atoms with van der Waals surface area (Å²) in [6.07, 6.45) is 2.39. The molecule has 0 saturated carbocycles. The van der Waals surface area contributed by atoms with E-state index in [0.29, 0.717) is 0 Å². The topological polar surface area (TPSA) is 9.23 Å². The van der Waals surface area contributed by atoms with Gasteiger partial charge in [0.25, 0.3) is 0 Å². The summed E-state index contributed by atoms with van der Waals surface area (Å²) in [5.74, 6) is 0. The van der Waals surface area contributed by atoms with Gasteiger partial charge in [0.15, 0.2) is 0 Å². The van der Waals surface area contributed by atoms with Crippen LogP contribution in [-0.2, 0) is 4.74 Å². The fourth-order valence-electron chi connectivity index (χ4n) is 1.67. The zero-order valence-electron chi connectivity index (χ0n) is 8.53. The number of benzene rings is 1. The molecule has 0 aliphatic carbocycles. The smallest absolute Gasteiger partial charge is 0.0476 e. The van der Waals surface area contributed by atoms with Gasteiger partial charge in [-0.15, -0.1) is 11.8 Å². The summed E-state index contributed by atoms with van der Waals surface area (Å²) in [4.78, 5) is 1.40. The molecule has 2 heteroatoms. The maximum absolute atomic E-state index is 5.35. The molecule has 1 aliphatic heterocycles. The van der Waals surface area contributed by atoms with Crippen molar-refractivity contribution in [3.63, 3.8) is 0 Å². The van der Waals surface area contributed by atoms with E-state index in [1.54, 1.807) is 0 Å². The van der Waals surface area contributed by atoms with Crippen molar-refractivity contribution in [2.75, 3.05) is 13.2 Å². The fourth-order valence-corrected chi connectivity index (χ4v) is 2.90. The first-order valence-corrected chi connectivity index (χ1v) is 6.03. The van der Waals surface area contributed by atoms with Crippen molar-refractivity contribution in [3.05, 3.63) is 29.8 Å². The van der Waals surface area contributed by atoms with Gasteiger partial charge in [0.2, 0.25) is 0 Å². The molecule has 1 heterocycles. The summed E-state index contributed by atoms with van der Waals surface area (Å²) < 4.78 is 5.35. The van der Waals surface area contributed by atoms with Crippen LogP contribution in [0.25, 0.3) is 0 Å². The van der Waals surface area contributed by atoms with E-state index in [9.17, 15) is 0 Å². The van der Waals surface area contributed by atoms with Crippen LogP contribution in [0.1, 0.15) is 18.4 Å². The van der Waals surface area contributed by atoms with Crippen molar-refractivity contribution < 1.29 is 4.74 Å². The van der Waals surface area contributed by atoms with Crippen molar-refractivity contribution in [2.45, 2.75) is 29.9 Å². The van der Waals surface area contributed by atoms with Gasteiger partial charge in [-0.2, -0.15) is 0 Å². The maximum atomic E-state index is 5.35. The Bertz CT molecular complexity index is 292. The molecule has 76 valence electrons. The second-order valence-electron chi connectivity index (χ2n) is 3.75. The second-order valence-corrected chi connectivity index (χ2v) is 5.12. The van der Waals surface area contributed by atoms with Gasteiger partial charge < -0.3 is 4.74 Å². The highest BCUT2D eigenvalue weighted by atomic mass is 32.2. The van der Waals surface area contributed by atoms with Gasteiger partial charge in [-0.25, -0.2) is 0 Å². The van der Waals surface area contributed by atoms with Crippen molar-refractivity contribution in [1.29, 1.82) is 0 Å². The van der Waals surface area contributed by atoms with E-state index in [4.69, 9.17) is 4.74 Å². The van der Waals surface area contributed by atoms with Crippen LogP contribution < -0.4 is 0 Å². The lowest BCUT2D eigenvalue weighted by Gasteiger charge is -2.21. The van der Waals surface area contributed by atoms with Gasteiger partial charge in [-0.05, 0) is 31.9 Å². The van der Waals surface area contributed by atoms with E-state index in [1.165, 1.54) is 23.3 Å². The molecule has 0 N–H and O–H groups in total. The van der Waals surface area contributed by atoms with Crippen molar-refractivity contribution in [2.24, 2.45) is 0 Å².